The normalized spacial score (nSPS) is 12.9. The second-order valence-corrected chi connectivity index (χ2v) is 6.94. The highest BCUT2D eigenvalue weighted by Gasteiger charge is 2.18. The predicted octanol–water partition coefficient (Wildman–Crippen LogP) is 4.89. The Kier molecular flexibility index (Phi) is 4.42. The van der Waals surface area contributed by atoms with Crippen molar-refractivity contribution in [1.82, 2.24) is 5.32 Å². The van der Waals surface area contributed by atoms with E-state index in [1.165, 1.54) is 25.4 Å². The van der Waals surface area contributed by atoms with Crippen LogP contribution in [0.15, 0.2) is 21.3 Å². The lowest BCUT2D eigenvalue weighted by molar-refractivity contribution is 0.639. The molecule has 1 nitrogen and oxygen atoms in total. The molecule has 92 valence electrons. The van der Waals surface area contributed by atoms with Gasteiger partial charge in [0.1, 0.15) is 0 Å². The van der Waals surface area contributed by atoms with Crippen molar-refractivity contribution in [3.8, 4) is 0 Å². The maximum atomic E-state index is 3.63. The molecule has 4 heteroatoms. The van der Waals surface area contributed by atoms with E-state index in [0.29, 0.717) is 6.04 Å². The molecule has 2 rings (SSSR count). The van der Waals surface area contributed by atoms with Crippen molar-refractivity contribution in [2.24, 2.45) is 0 Å². The summed E-state index contributed by atoms with van der Waals surface area (Å²) in [6, 6.07) is 2.62. The van der Waals surface area contributed by atoms with Crippen molar-refractivity contribution in [3.05, 3.63) is 42.2 Å². The summed E-state index contributed by atoms with van der Waals surface area (Å²) in [5, 5.41) is 7.94. The van der Waals surface area contributed by atoms with Crippen LogP contribution in [0.2, 0.25) is 0 Å². The third-order valence-electron chi connectivity index (χ3n) is 2.83. The zero-order valence-electron chi connectivity index (χ0n) is 10.2. The first-order chi connectivity index (χ1) is 8.13. The van der Waals surface area contributed by atoms with Crippen LogP contribution in [0.3, 0.4) is 0 Å². The van der Waals surface area contributed by atoms with E-state index >= 15 is 0 Å². The fraction of sp³-hybridized carbons (Fsp3) is 0.385. The van der Waals surface area contributed by atoms with Gasteiger partial charge in [-0.2, -0.15) is 11.3 Å². The van der Waals surface area contributed by atoms with Gasteiger partial charge in [0.15, 0.2) is 0 Å². The molecule has 2 heterocycles. The highest BCUT2D eigenvalue weighted by atomic mass is 79.9. The molecule has 2 aromatic heterocycles. The summed E-state index contributed by atoms with van der Waals surface area (Å²) >= 11 is 7.27. The minimum Gasteiger partial charge on any atom is -0.306 e. The molecule has 0 aliphatic rings. The summed E-state index contributed by atoms with van der Waals surface area (Å²) in [6.45, 7) is 7.50. The van der Waals surface area contributed by atoms with Gasteiger partial charge in [0.25, 0.3) is 0 Å². The summed E-state index contributed by atoms with van der Waals surface area (Å²) < 4.78 is 1.21. The van der Waals surface area contributed by atoms with Gasteiger partial charge in [0.2, 0.25) is 0 Å². The van der Waals surface area contributed by atoms with E-state index in [0.717, 1.165) is 6.54 Å². The van der Waals surface area contributed by atoms with Gasteiger partial charge in [0.05, 0.1) is 6.04 Å². The molecule has 0 aliphatic carbocycles. The molecular weight excluding hydrogens is 314 g/mol. The zero-order valence-corrected chi connectivity index (χ0v) is 13.4. The topological polar surface area (TPSA) is 12.0 Å². The summed E-state index contributed by atoms with van der Waals surface area (Å²) in [5.74, 6) is 0. The van der Waals surface area contributed by atoms with Crippen LogP contribution in [0.4, 0.5) is 0 Å². The van der Waals surface area contributed by atoms with Crippen molar-refractivity contribution in [2.75, 3.05) is 6.54 Å². The lowest BCUT2D eigenvalue weighted by atomic mass is 10.1. The van der Waals surface area contributed by atoms with Gasteiger partial charge in [-0.05, 0) is 58.9 Å². The lowest BCUT2D eigenvalue weighted by Gasteiger charge is -2.16. The van der Waals surface area contributed by atoms with E-state index in [9.17, 15) is 0 Å². The molecule has 0 radical (unpaired) electrons. The average Bonchev–Trinajstić information content (AvgIpc) is 2.83. The fourth-order valence-corrected chi connectivity index (χ4v) is 4.50. The van der Waals surface area contributed by atoms with Gasteiger partial charge in [-0.3, -0.25) is 0 Å². The highest BCUT2D eigenvalue weighted by Crippen LogP contribution is 2.35. The molecule has 0 aromatic carbocycles. The molecule has 0 saturated heterocycles. The molecule has 1 atom stereocenters. The molecule has 0 spiro atoms. The van der Waals surface area contributed by atoms with Crippen LogP contribution >= 0.6 is 38.6 Å². The van der Waals surface area contributed by atoms with Crippen LogP contribution in [0.25, 0.3) is 0 Å². The quantitative estimate of drug-likeness (QED) is 0.842. The smallest absolute Gasteiger partial charge is 0.0690 e. The fourth-order valence-electron chi connectivity index (χ4n) is 1.81. The van der Waals surface area contributed by atoms with Crippen LogP contribution in [-0.4, -0.2) is 6.54 Å². The van der Waals surface area contributed by atoms with Crippen LogP contribution in [-0.2, 0) is 0 Å². The molecular formula is C13H16BrNS2. The van der Waals surface area contributed by atoms with Gasteiger partial charge < -0.3 is 5.32 Å². The first kappa shape index (κ1) is 13.3. The summed E-state index contributed by atoms with van der Waals surface area (Å²) in [5.41, 5.74) is 2.73. The second-order valence-electron chi connectivity index (χ2n) is 4.05. The summed E-state index contributed by atoms with van der Waals surface area (Å²) in [6.07, 6.45) is 0. The Morgan fingerprint density at radius 2 is 2.12 bits per heavy atom. The maximum absolute atomic E-state index is 3.63. The molecule has 0 fully saturated rings. The zero-order chi connectivity index (χ0) is 12.4. The Morgan fingerprint density at radius 3 is 2.59 bits per heavy atom. The number of hydrogen-bond acceptors (Lipinski definition) is 3. The van der Waals surface area contributed by atoms with Crippen LogP contribution < -0.4 is 5.32 Å². The number of hydrogen-bond donors (Lipinski definition) is 1. The van der Waals surface area contributed by atoms with Gasteiger partial charge in [-0.1, -0.05) is 6.92 Å². The third-order valence-corrected chi connectivity index (χ3v) is 5.80. The van der Waals surface area contributed by atoms with Gasteiger partial charge >= 0.3 is 0 Å². The molecule has 1 N–H and O–H groups in total. The maximum Gasteiger partial charge on any atom is 0.0690 e. The van der Waals surface area contributed by atoms with Crippen molar-refractivity contribution >= 4 is 38.6 Å². The van der Waals surface area contributed by atoms with Crippen molar-refractivity contribution < 1.29 is 0 Å². The molecule has 1 unspecified atom stereocenters. The molecule has 0 bridgehead atoms. The molecule has 0 aliphatic heterocycles. The molecule has 0 saturated carbocycles. The van der Waals surface area contributed by atoms with Crippen molar-refractivity contribution in [2.45, 2.75) is 26.8 Å². The Morgan fingerprint density at radius 1 is 1.35 bits per heavy atom. The van der Waals surface area contributed by atoms with Crippen molar-refractivity contribution in [1.29, 1.82) is 0 Å². The van der Waals surface area contributed by atoms with E-state index in [4.69, 9.17) is 0 Å². The van der Waals surface area contributed by atoms with Crippen LogP contribution in [0.1, 0.15) is 33.8 Å². The van der Waals surface area contributed by atoms with E-state index in [1.54, 1.807) is 11.3 Å². The van der Waals surface area contributed by atoms with Gasteiger partial charge in [0, 0.05) is 19.6 Å². The number of nitrogens with one attached hydrogen (secondary N) is 1. The predicted molar refractivity (Wildman–Crippen MR) is 81.3 cm³/mol. The summed E-state index contributed by atoms with van der Waals surface area (Å²) in [4.78, 5) is 2.82. The minimum absolute atomic E-state index is 0.318. The average molecular weight is 330 g/mol. The monoisotopic (exact) mass is 329 g/mol. The van der Waals surface area contributed by atoms with E-state index in [-0.39, 0.29) is 0 Å². The van der Waals surface area contributed by atoms with Crippen LogP contribution in [0.5, 0.6) is 0 Å². The number of thiophene rings is 2. The van der Waals surface area contributed by atoms with E-state index in [1.807, 2.05) is 11.3 Å². The Hall–Kier alpha value is -0.160. The first-order valence-corrected chi connectivity index (χ1v) is 8.20. The van der Waals surface area contributed by atoms with E-state index in [2.05, 4.69) is 58.8 Å². The van der Waals surface area contributed by atoms with Crippen molar-refractivity contribution in [3.63, 3.8) is 0 Å². The van der Waals surface area contributed by atoms with E-state index < -0.39 is 0 Å². The first-order valence-electron chi connectivity index (χ1n) is 5.65. The number of aryl methyl sites for hydroxylation is 2. The molecule has 17 heavy (non-hydrogen) atoms. The Labute approximate surface area is 119 Å². The minimum atomic E-state index is 0.318. The van der Waals surface area contributed by atoms with Gasteiger partial charge in [-0.15, -0.1) is 11.3 Å². The Balaban J connectivity index is 2.39. The largest absolute Gasteiger partial charge is 0.306 e. The summed E-state index contributed by atoms with van der Waals surface area (Å²) in [7, 11) is 0. The lowest BCUT2D eigenvalue weighted by Crippen LogP contribution is -2.20. The van der Waals surface area contributed by atoms with Crippen LogP contribution in [0, 0.1) is 13.8 Å². The molecule has 2 aromatic rings. The SMILES string of the molecule is CCNC(c1cc(C)c(C)s1)c1cscc1Br. The number of rotatable bonds is 4. The molecule has 0 amide bonds. The standard InChI is InChI=1S/C13H16BrNS2/c1-4-15-13(10-6-16-7-11(10)14)12-5-8(2)9(3)17-12/h5-7,13,15H,4H2,1-3H3. The highest BCUT2D eigenvalue weighted by molar-refractivity contribution is 9.10. The van der Waals surface area contributed by atoms with Gasteiger partial charge in [-0.25, -0.2) is 0 Å². The number of halogens is 1. The second kappa shape index (κ2) is 5.65. The third kappa shape index (κ3) is 2.81. The Bertz CT molecular complexity index is 482.